The lowest BCUT2D eigenvalue weighted by molar-refractivity contribution is -0.133. The monoisotopic (exact) mass is 394 g/mol. The van der Waals surface area contributed by atoms with Crippen LogP contribution in [0, 0.1) is 0 Å². The van der Waals surface area contributed by atoms with Gasteiger partial charge in [-0.1, -0.05) is 30.0 Å². The van der Waals surface area contributed by atoms with E-state index in [0.717, 1.165) is 5.56 Å². The Balaban J connectivity index is 2.15. The minimum absolute atomic E-state index is 0.0469. The molecule has 2 amide bonds. The van der Waals surface area contributed by atoms with E-state index < -0.39 is 0 Å². The maximum absolute atomic E-state index is 12.1. The van der Waals surface area contributed by atoms with Crippen molar-refractivity contribution in [3.63, 3.8) is 0 Å². The summed E-state index contributed by atoms with van der Waals surface area (Å²) >= 11 is 6.21. The van der Waals surface area contributed by atoms with Gasteiger partial charge >= 0.3 is 0 Å². The van der Waals surface area contributed by atoms with Gasteiger partial charge in [0.25, 0.3) is 11.8 Å². The summed E-state index contributed by atoms with van der Waals surface area (Å²) in [5.41, 5.74) is 0.790. The maximum atomic E-state index is 12.1. The molecule has 0 unspecified atom stereocenters. The number of benzene rings is 1. The molecule has 2 rings (SSSR count). The molecular weight excluding hydrogens is 372 g/mol. The molecule has 1 saturated heterocycles. The van der Waals surface area contributed by atoms with Gasteiger partial charge in [-0.15, -0.1) is 0 Å². The first kappa shape index (κ1) is 20.3. The van der Waals surface area contributed by atoms with Crippen LogP contribution in [0.5, 0.6) is 11.5 Å². The molecule has 0 bridgehead atoms. The number of likely N-dealkylation sites (N-methyl/N-ethyl adjacent to an activating group) is 1. The van der Waals surface area contributed by atoms with Crippen molar-refractivity contribution in [2.45, 2.75) is 20.8 Å². The van der Waals surface area contributed by atoms with Gasteiger partial charge in [-0.25, -0.2) is 0 Å². The first-order valence-electron chi connectivity index (χ1n) is 8.40. The second-order valence-corrected chi connectivity index (χ2v) is 7.06. The van der Waals surface area contributed by atoms with Crippen molar-refractivity contribution in [3.8, 4) is 11.5 Å². The number of thioether (sulfide) groups is 1. The first-order chi connectivity index (χ1) is 12.5. The van der Waals surface area contributed by atoms with Crippen LogP contribution in [0.3, 0.4) is 0 Å². The van der Waals surface area contributed by atoms with Crippen LogP contribution in [-0.2, 0) is 9.59 Å². The molecule has 0 aliphatic carbocycles. The van der Waals surface area contributed by atoms with Crippen molar-refractivity contribution in [2.24, 2.45) is 0 Å². The SMILES string of the molecule is CCOc1cc(/C=C2/SC(=S)NC2=O)ccc1OCC(=O)N(CC)CC. The predicted molar refractivity (Wildman–Crippen MR) is 107 cm³/mol. The largest absolute Gasteiger partial charge is 0.490 e. The molecule has 0 aromatic heterocycles. The highest BCUT2D eigenvalue weighted by Gasteiger charge is 2.22. The lowest BCUT2D eigenvalue weighted by Crippen LogP contribution is -2.34. The number of carbonyl (C=O) groups is 2. The third-order valence-electron chi connectivity index (χ3n) is 3.67. The minimum atomic E-state index is -0.205. The molecule has 0 radical (unpaired) electrons. The van der Waals surface area contributed by atoms with Crippen LogP contribution in [0.25, 0.3) is 6.08 Å². The fourth-order valence-electron chi connectivity index (χ4n) is 2.38. The van der Waals surface area contributed by atoms with Crippen LogP contribution in [0.4, 0.5) is 0 Å². The Morgan fingerprint density at radius 3 is 2.54 bits per heavy atom. The van der Waals surface area contributed by atoms with Crippen molar-refractivity contribution in [2.75, 3.05) is 26.3 Å². The van der Waals surface area contributed by atoms with Gasteiger partial charge < -0.3 is 19.7 Å². The Morgan fingerprint density at radius 2 is 1.96 bits per heavy atom. The minimum Gasteiger partial charge on any atom is -0.490 e. The van der Waals surface area contributed by atoms with Gasteiger partial charge in [0, 0.05) is 13.1 Å². The first-order valence-corrected chi connectivity index (χ1v) is 9.63. The number of nitrogens with one attached hydrogen (secondary N) is 1. The predicted octanol–water partition coefficient (Wildman–Crippen LogP) is 2.82. The fraction of sp³-hybridized carbons (Fsp3) is 0.389. The summed E-state index contributed by atoms with van der Waals surface area (Å²) in [6, 6.07) is 5.33. The molecule has 1 fully saturated rings. The van der Waals surface area contributed by atoms with Crippen molar-refractivity contribution in [1.82, 2.24) is 10.2 Å². The van der Waals surface area contributed by atoms with Gasteiger partial charge in [-0.2, -0.15) is 0 Å². The third-order valence-corrected chi connectivity index (χ3v) is 4.84. The lowest BCUT2D eigenvalue weighted by Gasteiger charge is -2.19. The average Bonchev–Trinajstić information content (AvgIpc) is 2.92. The van der Waals surface area contributed by atoms with Crippen LogP contribution in [0.15, 0.2) is 23.1 Å². The molecule has 1 aliphatic heterocycles. The van der Waals surface area contributed by atoms with E-state index in [9.17, 15) is 9.59 Å². The Morgan fingerprint density at radius 1 is 1.23 bits per heavy atom. The summed E-state index contributed by atoms with van der Waals surface area (Å²) in [6.45, 7) is 7.43. The second-order valence-electron chi connectivity index (χ2n) is 5.35. The lowest BCUT2D eigenvalue weighted by atomic mass is 10.2. The summed E-state index contributed by atoms with van der Waals surface area (Å²) in [5.74, 6) is 0.744. The molecule has 1 aromatic rings. The number of ether oxygens (including phenoxy) is 2. The Hall–Kier alpha value is -2.06. The molecule has 8 heteroatoms. The van der Waals surface area contributed by atoms with Crippen LogP contribution >= 0.6 is 24.0 Å². The van der Waals surface area contributed by atoms with Crippen molar-refractivity contribution in [1.29, 1.82) is 0 Å². The molecule has 1 N–H and O–H groups in total. The van der Waals surface area contributed by atoms with Crippen LogP contribution in [0.2, 0.25) is 0 Å². The highest BCUT2D eigenvalue weighted by atomic mass is 32.2. The Labute approximate surface area is 162 Å². The van der Waals surface area contributed by atoms with E-state index in [0.29, 0.717) is 40.4 Å². The topological polar surface area (TPSA) is 67.9 Å². The van der Waals surface area contributed by atoms with Crippen molar-refractivity contribution < 1.29 is 19.1 Å². The van der Waals surface area contributed by atoms with Crippen molar-refractivity contribution >= 4 is 46.2 Å². The number of amides is 2. The zero-order chi connectivity index (χ0) is 19.1. The normalized spacial score (nSPS) is 15.1. The summed E-state index contributed by atoms with van der Waals surface area (Å²) in [6.07, 6.45) is 1.74. The van der Waals surface area contributed by atoms with E-state index in [4.69, 9.17) is 21.7 Å². The van der Waals surface area contributed by atoms with Crippen LogP contribution in [-0.4, -0.2) is 47.3 Å². The number of carbonyl (C=O) groups excluding carboxylic acids is 2. The van der Waals surface area contributed by atoms with Gasteiger partial charge in [0.2, 0.25) is 0 Å². The van der Waals surface area contributed by atoms with E-state index in [1.807, 2.05) is 26.8 Å². The summed E-state index contributed by atoms with van der Waals surface area (Å²) < 4.78 is 11.7. The second kappa shape index (κ2) is 9.59. The molecule has 1 heterocycles. The molecule has 0 atom stereocenters. The van der Waals surface area contributed by atoms with E-state index >= 15 is 0 Å². The van der Waals surface area contributed by atoms with Gasteiger partial charge in [-0.3, -0.25) is 9.59 Å². The van der Waals surface area contributed by atoms with Gasteiger partial charge in [0.15, 0.2) is 18.1 Å². The van der Waals surface area contributed by atoms with E-state index in [1.165, 1.54) is 11.8 Å². The molecule has 0 saturated carbocycles. The van der Waals surface area contributed by atoms with E-state index in [-0.39, 0.29) is 18.4 Å². The van der Waals surface area contributed by atoms with E-state index in [2.05, 4.69) is 5.32 Å². The molecular formula is C18H22N2O4S2. The standard InChI is InChI=1S/C18H22N2O4S2/c1-4-20(5-2)16(21)11-24-13-8-7-12(9-14(13)23-6-3)10-15-17(22)19-18(25)26-15/h7-10H,4-6,11H2,1-3H3,(H,19,22,25)/b15-10+. The summed E-state index contributed by atoms with van der Waals surface area (Å²) in [7, 11) is 0. The molecule has 0 spiro atoms. The number of nitrogens with zero attached hydrogens (tertiary/aromatic N) is 1. The number of hydrogen-bond acceptors (Lipinski definition) is 6. The van der Waals surface area contributed by atoms with Crippen LogP contribution < -0.4 is 14.8 Å². The number of hydrogen-bond donors (Lipinski definition) is 1. The zero-order valence-corrected chi connectivity index (χ0v) is 16.7. The zero-order valence-electron chi connectivity index (χ0n) is 15.0. The van der Waals surface area contributed by atoms with Gasteiger partial charge in [0.05, 0.1) is 11.5 Å². The highest BCUT2D eigenvalue weighted by molar-refractivity contribution is 8.26. The number of rotatable bonds is 8. The number of thiocarbonyl (C=S) groups is 1. The fourth-order valence-corrected chi connectivity index (χ4v) is 3.43. The summed E-state index contributed by atoms with van der Waals surface area (Å²) in [5, 5.41) is 2.58. The average molecular weight is 395 g/mol. The van der Waals surface area contributed by atoms with Crippen LogP contribution in [0.1, 0.15) is 26.3 Å². The molecule has 140 valence electrons. The van der Waals surface area contributed by atoms with Gasteiger partial charge in [0.1, 0.15) is 4.32 Å². The quantitative estimate of drug-likeness (QED) is 0.540. The van der Waals surface area contributed by atoms with Gasteiger partial charge in [-0.05, 0) is 44.5 Å². The van der Waals surface area contributed by atoms with Crippen molar-refractivity contribution in [3.05, 3.63) is 28.7 Å². The molecule has 6 nitrogen and oxygen atoms in total. The Kier molecular flexibility index (Phi) is 7.47. The Bertz CT molecular complexity index is 730. The van der Waals surface area contributed by atoms with E-state index in [1.54, 1.807) is 23.1 Å². The molecule has 1 aromatic carbocycles. The maximum Gasteiger partial charge on any atom is 0.263 e. The molecule has 26 heavy (non-hydrogen) atoms. The highest BCUT2D eigenvalue weighted by Crippen LogP contribution is 2.31. The third kappa shape index (κ3) is 5.22. The molecule has 1 aliphatic rings. The smallest absolute Gasteiger partial charge is 0.263 e. The summed E-state index contributed by atoms with van der Waals surface area (Å²) in [4.78, 5) is 26.1.